The average Bonchev–Trinajstić information content (AvgIpc) is 2.74. The van der Waals surface area contributed by atoms with E-state index in [2.05, 4.69) is 10.5 Å². The molecule has 0 aliphatic heterocycles. The van der Waals surface area contributed by atoms with Gasteiger partial charge in [0.2, 0.25) is 5.91 Å². The molecular formula is C22H19N3O4. The number of carbonyl (C=O) groups excluding carboxylic acids is 1. The van der Waals surface area contributed by atoms with Crippen LogP contribution < -0.4 is 10.2 Å². The number of benzene rings is 3. The molecule has 146 valence electrons. The molecular weight excluding hydrogens is 370 g/mol. The molecule has 0 saturated heterocycles. The number of ether oxygens (including phenoxy) is 1. The first-order valence-corrected chi connectivity index (χ1v) is 8.92. The van der Waals surface area contributed by atoms with Crippen LogP contribution in [0.2, 0.25) is 0 Å². The Labute approximate surface area is 167 Å². The van der Waals surface area contributed by atoms with Crippen LogP contribution in [0.25, 0.3) is 0 Å². The number of hydrogen-bond acceptors (Lipinski definition) is 5. The van der Waals surface area contributed by atoms with Crippen LogP contribution >= 0.6 is 0 Å². The minimum atomic E-state index is -0.480. The largest absolute Gasteiger partial charge is 0.489 e. The summed E-state index contributed by atoms with van der Waals surface area (Å²) in [6, 6.07) is 23.1. The number of hydrogen-bond donors (Lipinski definition) is 1. The number of amides is 1. The summed E-state index contributed by atoms with van der Waals surface area (Å²) >= 11 is 0. The van der Waals surface area contributed by atoms with Gasteiger partial charge in [0.05, 0.1) is 17.6 Å². The number of nitro groups is 1. The second-order valence-corrected chi connectivity index (χ2v) is 6.24. The standard InChI is InChI=1S/C22H19N3O4/c26-22(14-17-6-10-20(11-7-17)25(27)28)24-23-15-18-8-12-21(13-9-18)29-16-19-4-2-1-3-5-19/h1-13,15H,14,16H2,(H,24,26). The van der Waals surface area contributed by atoms with Crippen molar-refractivity contribution in [1.29, 1.82) is 0 Å². The molecule has 0 spiro atoms. The molecule has 7 heteroatoms. The maximum Gasteiger partial charge on any atom is 0.269 e. The quantitative estimate of drug-likeness (QED) is 0.359. The zero-order valence-electron chi connectivity index (χ0n) is 15.5. The van der Waals surface area contributed by atoms with Crippen molar-refractivity contribution in [2.45, 2.75) is 13.0 Å². The van der Waals surface area contributed by atoms with Crippen molar-refractivity contribution in [1.82, 2.24) is 5.43 Å². The number of non-ortho nitro benzene ring substituents is 1. The van der Waals surface area contributed by atoms with Gasteiger partial charge in [-0.15, -0.1) is 0 Å². The van der Waals surface area contributed by atoms with Crippen molar-refractivity contribution in [3.05, 3.63) is 106 Å². The second-order valence-electron chi connectivity index (χ2n) is 6.24. The molecule has 7 nitrogen and oxygen atoms in total. The first-order valence-electron chi connectivity index (χ1n) is 8.92. The summed E-state index contributed by atoms with van der Waals surface area (Å²) in [5, 5.41) is 14.6. The van der Waals surface area contributed by atoms with E-state index in [9.17, 15) is 14.9 Å². The van der Waals surface area contributed by atoms with E-state index >= 15 is 0 Å². The zero-order valence-corrected chi connectivity index (χ0v) is 15.5. The summed E-state index contributed by atoms with van der Waals surface area (Å²) in [4.78, 5) is 22.1. The summed E-state index contributed by atoms with van der Waals surface area (Å²) in [6.07, 6.45) is 1.62. The highest BCUT2D eigenvalue weighted by molar-refractivity contribution is 5.83. The highest BCUT2D eigenvalue weighted by Crippen LogP contribution is 2.14. The van der Waals surface area contributed by atoms with Gasteiger partial charge in [-0.3, -0.25) is 14.9 Å². The van der Waals surface area contributed by atoms with E-state index in [0.29, 0.717) is 12.2 Å². The van der Waals surface area contributed by atoms with E-state index in [0.717, 1.165) is 16.9 Å². The molecule has 0 atom stereocenters. The monoisotopic (exact) mass is 389 g/mol. The molecule has 0 heterocycles. The van der Waals surface area contributed by atoms with Crippen LogP contribution in [0, 0.1) is 10.1 Å². The minimum Gasteiger partial charge on any atom is -0.489 e. The third-order valence-corrected chi connectivity index (χ3v) is 4.04. The lowest BCUT2D eigenvalue weighted by atomic mass is 10.1. The molecule has 3 aromatic rings. The molecule has 0 aliphatic rings. The van der Waals surface area contributed by atoms with Gasteiger partial charge in [0.1, 0.15) is 12.4 Å². The number of carbonyl (C=O) groups is 1. The Morgan fingerprint density at radius 3 is 2.31 bits per heavy atom. The number of nitro benzene ring substituents is 1. The van der Waals surface area contributed by atoms with E-state index in [-0.39, 0.29) is 18.0 Å². The van der Waals surface area contributed by atoms with Gasteiger partial charge in [0.15, 0.2) is 0 Å². The Hall–Kier alpha value is -4.00. The summed E-state index contributed by atoms with van der Waals surface area (Å²) in [7, 11) is 0. The molecule has 3 rings (SSSR count). The van der Waals surface area contributed by atoms with Crippen LogP contribution in [0.4, 0.5) is 5.69 Å². The molecule has 0 bridgehead atoms. The van der Waals surface area contributed by atoms with Crippen LogP contribution in [-0.4, -0.2) is 17.0 Å². The Kier molecular flexibility index (Phi) is 6.67. The molecule has 0 fully saturated rings. The molecule has 0 aliphatic carbocycles. The van der Waals surface area contributed by atoms with Gasteiger partial charge < -0.3 is 4.74 Å². The molecule has 0 aromatic heterocycles. The van der Waals surface area contributed by atoms with Crippen molar-refractivity contribution >= 4 is 17.8 Å². The second kappa shape index (κ2) is 9.80. The Bertz CT molecular complexity index is 985. The van der Waals surface area contributed by atoms with Crippen LogP contribution in [0.1, 0.15) is 16.7 Å². The lowest BCUT2D eigenvalue weighted by Gasteiger charge is -2.06. The molecule has 29 heavy (non-hydrogen) atoms. The predicted molar refractivity (Wildman–Crippen MR) is 110 cm³/mol. The highest BCUT2D eigenvalue weighted by atomic mass is 16.6. The van der Waals surface area contributed by atoms with Gasteiger partial charge in [0.25, 0.3) is 5.69 Å². The first kappa shape index (κ1) is 19.8. The molecule has 0 saturated carbocycles. The number of hydrazone groups is 1. The van der Waals surface area contributed by atoms with E-state index in [1.165, 1.54) is 18.3 Å². The van der Waals surface area contributed by atoms with E-state index < -0.39 is 4.92 Å². The molecule has 1 amide bonds. The average molecular weight is 389 g/mol. The molecule has 0 unspecified atom stereocenters. The van der Waals surface area contributed by atoms with E-state index in [4.69, 9.17) is 4.74 Å². The Morgan fingerprint density at radius 2 is 1.66 bits per heavy atom. The third-order valence-electron chi connectivity index (χ3n) is 4.04. The zero-order chi connectivity index (χ0) is 20.5. The maximum atomic E-state index is 11.9. The Morgan fingerprint density at radius 1 is 0.966 bits per heavy atom. The number of nitrogens with zero attached hydrogens (tertiary/aromatic N) is 2. The summed E-state index contributed by atoms with van der Waals surface area (Å²) in [5.41, 5.74) is 5.01. The third kappa shape index (κ3) is 6.28. The fourth-order valence-electron chi connectivity index (χ4n) is 2.53. The highest BCUT2D eigenvalue weighted by Gasteiger charge is 2.06. The van der Waals surface area contributed by atoms with Crippen molar-refractivity contribution in [2.24, 2.45) is 5.10 Å². The van der Waals surface area contributed by atoms with Crippen molar-refractivity contribution in [3.63, 3.8) is 0 Å². The summed E-state index contributed by atoms with van der Waals surface area (Å²) in [6.45, 7) is 0.493. The SMILES string of the molecule is O=C(Cc1ccc([N+](=O)[O-])cc1)NN=Cc1ccc(OCc2ccccc2)cc1. The fraction of sp³-hybridized carbons (Fsp3) is 0.0909. The summed E-state index contributed by atoms with van der Waals surface area (Å²) < 4.78 is 5.72. The normalized spacial score (nSPS) is 10.6. The molecule has 1 N–H and O–H groups in total. The van der Waals surface area contributed by atoms with Crippen molar-refractivity contribution in [2.75, 3.05) is 0 Å². The minimum absolute atomic E-state index is 0.0108. The summed E-state index contributed by atoms with van der Waals surface area (Å²) in [5.74, 6) is 0.436. The first-order chi connectivity index (χ1) is 14.1. The van der Waals surface area contributed by atoms with Crippen molar-refractivity contribution < 1.29 is 14.5 Å². The van der Waals surface area contributed by atoms with Gasteiger partial charge >= 0.3 is 0 Å². The smallest absolute Gasteiger partial charge is 0.269 e. The molecule has 0 radical (unpaired) electrons. The van der Waals surface area contributed by atoms with Gasteiger partial charge in [-0.05, 0) is 41.0 Å². The van der Waals surface area contributed by atoms with Crippen LogP contribution in [0.15, 0.2) is 84.0 Å². The topological polar surface area (TPSA) is 93.8 Å². The fourth-order valence-corrected chi connectivity index (χ4v) is 2.53. The number of nitrogens with one attached hydrogen (secondary N) is 1. The van der Waals surface area contributed by atoms with E-state index in [1.807, 2.05) is 54.6 Å². The number of rotatable bonds is 8. The van der Waals surface area contributed by atoms with E-state index in [1.54, 1.807) is 12.1 Å². The maximum absolute atomic E-state index is 11.9. The lowest BCUT2D eigenvalue weighted by molar-refractivity contribution is -0.384. The molecule has 3 aromatic carbocycles. The van der Waals surface area contributed by atoms with Crippen LogP contribution in [0.5, 0.6) is 5.75 Å². The Balaban J connectivity index is 1.45. The predicted octanol–water partition coefficient (Wildman–Crippen LogP) is 3.87. The van der Waals surface area contributed by atoms with Gasteiger partial charge in [0, 0.05) is 12.1 Å². The van der Waals surface area contributed by atoms with Gasteiger partial charge in [-0.2, -0.15) is 5.10 Å². The van der Waals surface area contributed by atoms with Crippen LogP contribution in [-0.2, 0) is 17.8 Å². The van der Waals surface area contributed by atoms with Gasteiger partial charge in [-0.25, -0.2) is 5.43 Å². The van der Waals surface area contributed by atoms with Gasteiger partial charge in [-0.1, -0.05) is 42.5 Å². The lowest BCUT2D eigenvalue weighted by Crippen LogP contribution is -2.19. The van der Waals surface area contributed by atoms with Crippen molar-refractivity contribution in [3.8, 4) is 5.75 Å². The van der Waals surface area contributed by atoms with Crippen LogP contribution in [0.3, 0.4) is 0 Å².